The predicted molar refractivity (Wildman–Crippen MR) is 200 cm³/mol. The van der Waals surface area contributed by atoms with Gasteiger partial charge in [-0.2, -0.15) is 18.3 Å². The summed E-state index contributed by atoms with van der Waals surface area (Å²) in [5.41, 5.74) is 2.15. The molecule has 3 aromatic heterocycles. The molecule has 2 saturated heterocycles. The van der Waals surface area contributed by atoms with Gasteiger partial charge in [-0.3, -0.25) is 34.4 Å². The zero-order valence-electron chi connectivity index (χ0n) is 30.2. The SMILES string of the molecule is COc1cc2nn(C3CCC(CN4CCN(c5cccc6c(N7CCC(=O)NC7=O)ccnc56)CC4)CC3)cc2cc1NC(=O)c1cccc(C(F)(F)F)n1. The zero-order chi connectivity index (χ0) is 38.3. The van der Waals surface area contributed by atoms with E-state index in [9.17, 15) is 27.6 Å². The molecule has 0 bridgehead atoms. The van der Waals surface area contributed by atoms with Crippen molar-refractivity contribution in [2.75, 3.05) is 61.5 Å². The van der Waals surface area contributed by atoms with E-state index in [1.54, 1.807) is 23.2 Å². The van der Waals surface area contributed by atoms with Crippen molar-refractivity contribution in [1.29, 1.82) is 0 Å². The normalized spacial score (nSPS) is 19.9. The van der Waals surface area contributed by atoms with Gasteiger partial charge in [0, 0.05) is 74.9 Å². The molecule has 2 aliphatic heterocycles. The number of benzene rings is 2. The summed E-state index contributed by atoms with van der Waals surface area (Å²) in [6, 6.07) is 14.3. The van der Waals surface area contributed by atoms with Crippen LogP contribution in [0.25, 0.3) is 21.8 Å². The molecule has 0 spiro atoms. The molecule has 13 nitrogen and oxygen atoms in total. The van der Waals surface area contributed by atoms with E-state index < -0.39 is 23.8 Å². The van der Waals surface area contributed by atoms with Gasteiger partial charge in [0.2, 0.25) is 5.91 Å². The van der Waals surface area contributed by atoms with E-state index in [1.807, 2.05) is 29.1 Å². The van der Waals surface area contributed by atoms with Crippen molar-refractivity contribution in [3.05, 3.63) is 78.4 Å². The number of ether oxygens (including phenoxy) is 1. The van der Waals surface area contributed by atoms with Gasteiger partial charge in [-0.1, -0.05) is 18.2 Å². The fraction of sp³-hybridized carbons (Fsp3) is 0.385. The van der Waals surface area contributed by atoms with Crippen LogP contribution in [0.15, 0.2) is 67.0 Å². The van der Waals surface area contributed by atoms with Crippen molar-refractivity contribution in [2.45, 2.75) is 44.3 Å². The number of halogens is 3. The number of anilines is 3. The van der Waals surface area contributed by atoms with Gasteiger partial charge >= 0.3 is 12.2 Å². The smallest absolute Gasteiger partial charge is 0.433 e. The van der Waals surface area contributed by atoms with Crippen LogP contribution in [0.4, 0.5) is 35.0 Å². The third-order valence-electron chi connectivity index (χ3n) is 10.9. The minimum Gasteiger partial charge on any atom is -0.494 e. The van der Waals surface area contributed by atoms with E-state index in [-0.39, 0.29) is 24.1 Å². The fourth-order valence-corrected chi connectivity index (χ4v) is 7.99. The number of para-hydroxylation sites is 1. The predicted octanol–water partition coefficient (Wildman–Crippen LogP) is 6.26. The molecule has 286 valence electrons. The molecule has 1 saturated carbocycles. The van der Waals surface area contributed by atoms with Crippen LogP contribution < -0.4 is 25.2 Å². The number of methoxy groups -OCH3 is 1. The quantitative estimate of drug-likeness (QED) is 0.188. The number of rotatable bonds is 8. The Bertz CT molecular complexity index is 2260. The third kappa shape index (κ3) is 7.50. The van der Waals surface area contributed by atoms with Crippen LogP contribution in [0.5, 0.6) is 5.75 Å². The summed E-state index contributed by atoms with van der Waals surface area (Å²) >= 11 is 0. The Morgan fingerprint density at radius 2 is 1.75 bits per heavy atom. The number of urea groups is 1. The second kappa shape index (κ2) is 14.8. The maximum atomic E-state index is 13.2. The third-order valence-corrected chi connectivity index (χ3v) is 10.9. The Hall–Kier alpha value is -5.77. The molecule has 2 aromatic carbocycles. The van der Waals surface area contributed by atoms with Gasteiger partial charge in [-0.05, 0) is 61.9 Å². The van der Waals surface area contributed by atoms with Crippen LogP contribution >= 0.6 is 0 Å². The van der Waals surface area contributed by atoms with Crippen LogP contribution in [0.2, 0.25) is 0 Å². The first-order chi connectivity index (χ1) is 26.5. The summed E-state index contributed by atoms with van der Waals surface area (Å²) < 4.78 is 47.0. The Balaban J connectivity index is 0.867. The highest BCUT2D eigenvalue weighted by Crippen LogP contribution is 2.37. The summed E-state index contributed by atoms with van der Waals surface area (Å²) in [5.74, 6) is -0.126. The number of hydrogen-bond acceptors (Lipinski definition) is 9. The number of aromatic nitrogens is 4. The van der Waals surface area contributed by atoms with E-state index in [0.29, 0.717) is 29.4 Å². The van der Waals surface area contributed by atoms with Gasteiger partial charge in [0.05, 0.1) is 41.2 Å². The average molecular weight is 756 g/mol. The highest BCUT2D eigenvalue weighted by Gasteiger charge is 2.33. The van der Waals surface area contributed by atoms with Crippen molar-refractivity contribution in [1.82, 2.24) is 30.0 Å². The molecule has 55 heavy (non-hydrogen) atoms. The van der Waals surface area contributed by atoms with Gasteiger partial charge < -0.3 is 15.0 Å². The van der Waals surface area contributed by atoms with Crippen LogP contribution in [0, 0.1) is 5.92 Å². The molecule has 4 amide bonds. The van der Waals surface area contributed by atoms with Crippen molar-refractivity contribution in [3.63, 3.8) is 0 Å². The van der Waals surface area contributed by atoms with Crippen LogP contribution in [-0.2, 0) is 11.0 Å². The van der Waals surface area contributed by atoms with Crippen LogP contribution in [0.3, 0.4) is 0 Å². The summed E-state index contributed by atoms with van der Waals surface area (Å²) in [4.78, 5) is 51.9. The number of imide groups is 1. The summed E-state index contributed by atoms with van der Waals surface area (Å²) in [6.07, 6.45) is 3.37. The standard InChI is InChI=1S/C39H40F3N9O4/c1-55-33-21-29-25(20-30(33)45-37(53)28-5-3-7-34(44-28)39(40,41)42)23-51(47-29)26-10-8-24(9-11-26)22-48-16-18-49(19-17-48)32-6-2-4-27-31(12-14-43-36(27)32)50-15-13-35(52)46-38(50)54/h2-7,12,14,20-21,23-24,26H,8-11,13,15-19,22H2,1H3,(H,45,53)(H,46,52,54). The first-order valence-corrected chi connectivity index (χ1v) is 18.4. The Morgan fingerprint density at radius 3 is 2.49 bits per heavy atom. The Morgan fingerprint density at radius 1 is 0.964 bits per heavy atom. The molecule has 8 rings (SSSR count). The lowest BCUT2D eigenvalue weighted by molar-refractivity contribution is -0.141. The number of fused-ring (bicyclic) bond motifs is 2. The van der Waals surface area contributed by atoms with Crippen molar-refractivity contribution < 1.29 is 32.3 Å². The van der Waals surface area contributed by atoms with Crippen LogP contribution in [-0.4, -0.2) is 88.9 Å². The highest BCUT2D eigenvalue weighted by atomic mass is 19.4. The van der Waals surface area contributed by atoms with Gasteiger partial charge in [0.1, 0.15) is 17.1 Å². The first-order valence-electron chi connectivity index (χ1n) is 18.4. The molecule has 0 radical (unpaired) electrons. The maximum absolute atomic E-state index is 13.2. The number of carbonyl (C=O) groups excluding carboxylic acids is 3. The van der Waals surface area contributed by atoms with Gasteiger partial charge in [0.25, 0.3) is 5.91 Å². The number of nitrogens with zero attached hydrogens (tertiary/aromatic N) is 7. The van der Waals surface area contributed by atoms with Gasteiger partial charge in [-0.15, -0.1) is 0 Å². The molecule has 0 unspecified atom stereocenters. The lowest BCUT2D eigenvalue weighted by Crippen LogP contribution is -2.49. The molecule has 16 heteroatoms. The largest absolute Gasteiger partial charge is 0.494 e. The highest BCUT2D eigenvalue weighted by molar-refractivity contribution is 6.10. The van der Waals surface area contributed by atoms with Crippen molar-refractivity contribution in [3.8, 4) is 5.75 Å². The number of pyridine rings is 2. The Kier molecular flexibility index (Phi) is 9.75. The Labute approximate surface area is 314 Å². The average Bonchev–Trinajstić information content (AvgIpc) is 3.60. The topological polar surface area (TPSA) is 138 Å². The lowest BCUT2D eigenvalue weighted by Gasteiger charge is -2.39. The van der Waals surface area contributed by atoms with E-state index in [0.717, 1.165) is 98.2 Å². The van der Waals surface area contributed by atoms with E-state index in [1.165, 1.54) is 13.2 Å². The second-order valence-corrected chi connectivity index (χ2v) is 14.3. The van der Waals surface area contributed by atoms with Crippen molar-refractivity contribution >= 4 is 56.7 Å². The lowest BCUT2D eigenvalue weighted by atomic mass is 9.85. The minimum absolute atomic E-state index is 0.221. The second-order valence-electron chi connectivity index (χ2n) is 14.3. The number of piperazine rings is 1. The summed E-state index contributed by atoms with van der Waals surface area (Å²) in [7, 11) is 1.46. The molecule has 1 aliphatic carbocycles. The van der Waals surface area contributed by atoms with E-state index >= 15 is 0 Å². The van der Waals surface area contributed by atoms with Gasteiger partial charge in [-0.25, -0.2) is 9.78 Å². The number of nitrogens with one attached hydrogen (secondary N) is 2. The summed E-state index contributed by atoms with van der Waals surface area (Å²) in [5, 5.41) is 11.6. The first kappa shape index (κ1) is 36.2. The summed E-state index contributed by atoms with van der Waals surface area (Å²) in [6.45, 7) is 4.95. The van der Waals surface area contributed by atoms with E-state index in [2.05, 4.69) is 31.5 Å². The molecule has 5 heterocycles. The van der Waals surface area contributed by atoms with Gasteiger partial charge in [0.15, 0.2) is 0 Å². The molecule has 3 aliphatic rings. The molecular weight excluding hydrogens is 715 g/mol. The van der Waals surface area contributed by atoms with E-state index in [4.69, 9.17) is 14.8 Å². The molecule has 3 fully saturated rings. The number of alkyl halides is 3. The molecule has 2 N–H and O–H groups in total. The number of carbonyl (C=O) groups is 3. The number of amides is 4. The zero-order valence-corrected chi connectivity index (χ0v) is 30.2. The monoisotopic (exact) mass is 755 g/mol. The number of hydrogen-bond donors (Lipinski definition) is 2. The fourth-order valence-electron chi connectivity index (χ4n) is 7.99. The molecule has 0 atom stereocenters. The van der Waals surface area contributed by atoms with Crippen molar-refractivity contribution in [2.24, 2.45) is 5.92 Å². The maximum Gasteiger partial charge on any atom is 0.433 e. The molecular formula is C39H40F3N9O4. The van der Waals surface area contributed by atoms with Crippen LogP contribution in [0.1, 0.15) is 54.3 Å². The minimum atomic E-state index is -4.66. The molecule has 5 aromatic rings.